The number of rotatable bonds is 4. The van der Waals surface area contributed by atoms with Gasteiger partial charge in [0.25, 0.3) is 0 Å². The second kappa shape index (κ2) is 5.21. The minimum atomic E-state index is 0.0833. The third-order valence-corrected chi connectivity index (χ3v) is 3.20. The van der Waals surface area contributed by atoms with Gasteiger partial charge in [-0.15, -0.1) is 0 Å². The fraction of sp³-hybridized carbons (Fsp3) is 0.200. The Balaban J connectivity index is 1.82. The molecule has 5 heteroatoms. The number of fused-ring (bicyclic) bond motifs is 1. The molecule has 0 aliphatic carbocycles. The number of carbonyl (C=O) groups excluding carboxylic acids is 1. The van der Waals surface area contributed by atoms with Crippen molar-refractivity contribution in [3.05, 3.63) is 54.1 Å². The summed E-state index contributed by atoms with van der Waals surface area (Å²) < 4.78 is 1.74. The molecule has 0 atom stereocenters. The molecule has 1 aromatic carbocycles. The van der Waals surface area contributed by atoms with Crippen LogP contribution in [0.3, 0.4) is 0 Å². The van der Waals surface area contributed by atoms with Crippen LogP contribution in [0.1, 0.15) is 22.3 Å². The van der Waals surface area contributed by atoms with E-state index in [1.807, 2.05) is 31.4 Å². The van der Waals surface area contributed by atoms with Gasteiger partial charge < -0.3 is 0 Å². The second-order valence-corrected chi connectivity index (χ2v) is 4.68. The van der Waals surface area contributed by atoms with Crippen molar-refractivity contribution in [3.8, 4) is 0 Å². The Hall–Kier alpha value is -2.56. The molecule has 3 aromatic rings. The predicted octanol–water partition coefficient (Wildman–Crippen LogP) is 2.18. The molecular weight excluding hydrogens is 252 g/mol. The van der Waals surface area contributed by atoms with Gasteiger partial charge in [-0.05, 0) is 24.1 Å². The monoisotopic (exact) mass is 266 g/mol. The SMILES string of the molecule is Cn1cc(CCC(=O)c2cccc3nccnc23)cn1. The predicted molar refractivity (Wildman–Crippen MR) is 75.4 cm³/mol. The first kappa shape index (κ1) is 12.5. The largest absolute Gasteiger partial charge is 0.294 e. The van der Waals surface area contributed by atoms with Crippen molar-refractivity contribution in [2.24, 2.45) is 7.05 Å². The van der Waals surface area contributed by atoms with Crippen LogP contribution in [0.25, 0.3) is 11.0 Å². The average Bonchev–Trinajstić information content (AvgIpc) is 2.90. The number of ketones is 1. The van der Waals surface area contributed by atoms with Crippen molar-refractivity contribution >= 4 is 16.8 Å². The first-order valence-electron chi connectivity index (χ1n) is 6.44. The fourth-order valence-electron chi connectivity index (χ4n) is 2.21. The van der Waals surface area contributed by atoms with E-state index in [0.717, 1.165) is 11.1 Å². The van der Waals surface area contributed by atoms with Gasteiger partial charge in [-0.2, -0.15) is 5.10 Å². The molecule has 20 heavy (non-hydrogen) atoms. The standard InChI is InChI=1S/C15H14N4O/c1-19-10-11(9-18-19)5-6-14(20)12-3-2-4-13-15(12)17-8-7-16-13/h2-4,7-10H,5-6H2,1H3. The molecule has 0 aliphatic heterocycles. The van der Waals surface area contributed by atoms with E-state index in [9.17, 15) is 4.79 Å². The van der Waals surface area contributed by atoms with Crippen LogP contribution >= 0.6 is 0 Å². The molecule has 0 aliphatic rings. The summed E-state index contributed by atoms with van der Waals surface area (Å²) in [6.45, 7) is 0. The highest BCUT2D eigenvalue weighted by molar-refractivity contribution is 6.05. The van der Waals surface area contributed by atoms with Gasteiger partial charge in [0.15, 0.2) is 5.78 Å². The van der Waals surface area contributed by atoms with Crippen molar-refractivity contribution in [2.75, 3.05) is 0 Å². The van der Waals surface area contributed by atoms with Gasteiger partial charge in [-0.3, -0.25) is 19.4 Å². The Kier molecular flexibility index (Phi) is 3.25. The molecule has 0 radical (unpaired) electrons. The zero-order valence-electron chi connectivity index (χ0n) is 11.2. The van der Waals surface area contributed by atoms with Crippen LogP contribution in [0.4, 0.5) is 0 Å². The van der Waals surface area contributed by atoms with E-state index in [1.54, 1.807) is 23.3 Å². The Morgan fingerprint density at radius 3 is 2.90 bits per heavy atom. The fourth-order valence-corrected chi connectivity index (χ4v) is 2.21. The van der Waals surface area contributed by atoms with E-state index in [4.69, 9.17) is 0 Å². The topological polar surface area (TPSA) is 60.7 Å². The molecule has 2 heterocycles. The van der Waals surface area contributed by atoms with Crippen molar-refractivity contribution in [3.63, 3.8) is 0 Å². The van der Waals surface area contributed by atoms with Crippen molar-refractivity contribution in [1.29, 1.82) is 0 Å². The van der Waals surface area contributed by atoms with Crippen molar-refractivity contribution < 1.29 is 4.79 Å². The lowest BCUT2D eigenvalue weighted by molar-refractivity contribution is 0.0984. The minimum absolute atomic E-state index is 0.0833. The Morgan fingerprint density at radius 2 is 2.10 bits per heavy atom. The van der Waals surface area contributed by atoms with Crippen LogP contribution in [0.5, 0.6) is 0 Å². The van der Waals surface area contributed by atoms with E-state index < -0.39 is 0 Å². The number of Topliss-reactive ketones (excluding diaryl/α,β-unsaturated/α-hetero) is 1. The maximum absolute atomic E-state index is 12.3. The van der Waals surface area contributed by atoms with Gasteiger partial charge in [-0.1, -0.05) is 6.07 Å². The molecule has 0 fully saturated rings. The van der Waals surface area contributed by atoms with Crippen molar-refractivity contribution in [1.82, 2.24) is 19.7 Å². The summed E-state index contributed by atoms with van der Waals surface area (Å²) in [6, 6.07) is 5.51. The molecule has 5 nitrogen and oxygen atoms in total. The highest BCUT2D eigenvalue weighted by Gasteiger charge is 2.11. The zero-order chi connectivity index (χ0) is 13.9. The van der Waals surface area contributed by atoms with Gasteiger partial charge >= 0.3 is 0 Å². The molecule has 0 bridgehead atoms. The first-order chi connectivity index (χ1) is 9.74. The van der Waals surface area contributed by atoms with Gasteiger partial charge in [0.05, 0.1) is 17.2 Å². The molecule has 3 rings (SSSR count). The molecule has 2 aromatic heterocycles. The van der Waals surface area contributed by atoms with E-state index >= 15 is 0 Å². The lowest BCUT2D eigenvalue weighted by Gasteiger charge is -2.03. The number of aryl methyl sites for hydroxylation is 2. The maximum Gasteiger partial charge on any atom is 0.165 e. The normalized spacial score (nSPS) is 10.8. The number of para-hydroxylation sites is 1. The summed E-state index contributed by atoms with van der Waals surface area (Å²) >= 11 is 0. The van der Waals surface area contributed by atoms with Gasteiger partial charge in [0.2, 0.25) is 0 Å². The summed E-state index contributed by atoms with van der Waals surface area (Å²) in [4.78, 5) is 20.8. The van der Waals surface area contributed by atoms with Gasteiger partial charge in [0, 0.05) is 37.6 Å². The molecule has 0 spiro atoms. The van der Waals surface area contributed by atoms with Crippen LogP contribution in [0, 0.1) is 0 Å². The summed E-state index contributed by atoms with van der Waals surface area (Å²) in [5.41, 5.74) is 3.12. The van der Waals surface area contributed by atoms with Crippen LogP contribution in [0.2, 0.25) is 0 Å². The Morgan fingerprint density at radius 1 is 1.25 bits per heavy atom. The minimum Gasteiger partial charge on any atom is -0.294 e. The summed E-state index contributed by atoms with van der Waals surface area (Å²) in [7, 11) is 1.87. The van der Waals surface area contributed by atoms with E-state index in [0.29, 0.717) is 23.9 Å². The summed E-state index contributed by atoms with van der Waals surface area (Å²) in [5.74, 6) is 0.0833. The molecule has 0 amide bonds. The number of nitrogens with zero attached hydrogens (tertiary/aromatic N) is 4. The number of aromatic nitrogens is 4. The van der Waals surface area contributed by atoms with Gasteiger partial charge in [0.1, 0.15) is 0 Å². The quantitative estimate of drug-likeness (QED) is 0.679. The second-order valence-electron chi connectivity index (χ2n) is 4.68. The van der Waals surface area contributed by atoms with E-state index in [1.165, 1.54) is 0 Å². The van der Waals surface area contributed by atoms with Crippen LogP contribution in [0.15, 0.2) is 43.0 Å². The molecule has 100 valence electrons. The highest BCUT2D eigenvalue weighted by atomic mass is 16.1. The third kappa shape index (κ3) is 2.42. The molecule has 0 unspecified atom stereocenters. The zero-order valence-corrected chi connectivity index (χ0v) is 11.2. The number of hydrogen-bond donors (Lipinski definition) is 0. The average molecular weight is 266 g/mol. The lowest BCUT2D eigenvalue weighted by atomic mass is 10.0. The molecule has 0 saturated carbocycles. The van der Waals surface area contributed by atoms with Crippen LogP contribution in [-0.4, -0.2) is 25.5 Å². The van der Waals surface area contributed by atoms with E-state index in [2.05, 4.69) is 15.1 Å². The summed E-state index contributed by atoms with van der Waals surface area (Å²) in [6.07, 6.45) is 8.09. The Labute approximate surface area is 116 Å². The summed E-state index contributed by atoms with van der Waals surface area (Å²) in [5, 5.41) is 4.10. The first-order valence-corrected chi connectivity index (χ1v) is 6.44. The highest BCUT2D eigenvalue weighted by Crippen LogP contribution is 2.16. The van der Waals surface area contributed by atoms with Crippen molar-refractivity contribution in [2.45, 2.75) is 12.8 Å². The van der Waals surface area contributed by atoms with Crippen LogP contribution < -0.4 is 0 Å². The van der Waals surface area contributed by atoms with Gasteiger partial charge in [-0.25, -0.2) is 0 Å². The van der Waals surface area contributed by atoms with Crippen LogP contribution in [-0.2, 0) is 13.5 Å². The lowest BCUT2D eigenvalue weighted by Crippen LogP contribution is -2.03. The number of hydrogen-bond acceptors (Lipinski definition) is 4. The maximum atomic E-state index is 12.3. The van der Waals surface area contributed by atoms with E-state index in [-0.39, 0.29) is 5.78 Å². The molecule has 0 saturated heterocycles. The third-order valence-electron chi connectivity index (χ3n) is 3.20. The molecular formula is C15H14N4O. The Bertz CT molecular complexity index is 758. The number of benzene rings is 1. The molecule has 0 N–H and O–H groups in total. The smallest absolute Gasteiger partial charge is 0.165 e. The number of carbonyl (C=O) groups is 1.